The van der Waals surface area contributed by atoms with E-state index in [1.165, 1.54) is 19.3 Å². The summed E-state index contributed by atoms with van der Waals surface area (Å²) in [7, 11) is 1.70. The first kappa shape index (κ1) is 9.00. The van der Waals surface area contributed by atoms with Crippen LogP contribution in [0.5, 0.6) is 0 Å². The first-order chi connectivity index (χ1) is 6.16. The summed E-state index contributed by atoms with van der Waals surface area (Å²) >= 11 is 0. The van der Waals surface area contributed by atoms with Gasteiger partial charge in [-0.2, -0.15) is 0 Å². The maximum atomic E-state index is 11.0. The molecule has 1 N–H and O–H groups in total. The van der Waals surface area contributed by atoms with E-state index in [1.807, 2.05) is 0 Å². The van der Waals surface area contributed by atoms with E-state index in [9.17, 15) is 4.79 Å². The molecular formula is C10H17NO2. The van der Waals surface area contributed by atoms with Crippen molar-refractivity contribution in [2.45, 2.75) is 38.3 Å². The predicted molar refractivity (Wildman–Crippen MR) is 49.0 cm³/mol. The summed E-state index contributed by atoms with van der Waals surface area (Å²) in [6.45, 7) is 1.56. The Morgan fingerprint density at radius 3 is 2.69 bits per heavy atom. The van der Waals surface area contributed by atoms with Crippen molar-refractivity contribution >= 4 is 5.91 Å². The van der Waals surface area contributed by atoms with Crippen LogP contribution in [0, 0.1) is 11.8 Å². The van der Waals surface area contributed by atoms with Gasteiger partial charge < -0.3 is 10.1 Å². The molecule has 3 nitrogen and oxygen atoms in total. The average molecular weight is 183 g/mol. The molecule has 0 unspecified atom stereocenters. The molecule has 0 aromatic carbocycles. The Labute approximate surface area is 78.8 Å². The molecule has 0 aromatic heterocycles. The minimum absolute atomic E-state index is 0.0226. The standard InChI is InChI=1S/C10H17NO2/c1-7(12)11-10(13-2)6-8-3-4-9(10)5-8/h8-9H,3-6H2,1-2H3,(H,11,12)/t8-,9+,10+/m1/s1. The summed E-state index contributed by atoms with van der Waals surface area (Å²) in [6, 6.07) is 0. The molecule has 0 aromatic rings. The monoisotopic (exact) mass is 183 g/mol. The predicted octanol–water partition coefficient (Wildman–Crippen LogP) is 1.29. The topological polar surface area (TPSA) is 38.3 Å². The van der Waals surface area contributed by atoms with E-state index in [-0.39, 0.29) is 11.6 Å². The van der Waals surface area contributed by atoms with Crippen LogP contribution in [0.4, 0.5) is 0 Å². The summed E-state index contributed by atoms with van der Waals surface area (Å²) in [5.41, 5.74) is -0.325. The molecule has 13 heavy (non-hydrogen) atoms. The van der Waals surface area contributed by atoms with E-state index in [1.54, 1.807) is 14.0 Å². The van der Waals surface area contributed by atoms with Crippen molar-refractivity contribution in [2.24, 2.45) is 11.8 Å². The molecule has 0 aliphatic heterocycles. The SMILES string of the molecule is CO[C@@]1(NC(C)=O)C[C@@H]2CC[C@H]1C2. The molecule has 1 amide bonds. The van der Waals surface area contributed by atoms with E-state index in [0.717, 1.165) is 12.3 Å². The number of carbonyl (C=O) groups excluding carboxylic acids is 1. The van der Waals surface area contributed by atoms with E-state index in [2.05, 4.69) is 5.32 Å². The second-order valence-corrected chi connectivity index (χ2v) is 4.35. The number of ether oxygens (including phenoxy) is 1. The summed E-state index contributed by atoms with van der Waals surface area (Å²) in [6.07, 6.45) is 4.76. The van der Waals surface area contributed by atoms with E-state index in [0.29, 0.717) is 5.92 Å². The van der Waals surface area contributed by atoms with Crippen molar-refractivity contribution in [3.8, 4) is 0 Å². The number of hydrogen-bond donors (Lipinski definition) is 1. The second kappa shape index (κ2) is 2.98. The van der Waals surface area contributed by atoms with Crippen LogP contribution in [-0.2, 0) is 9.53 Å². The van der Waals surface area contributed by atoms with Crippen molar-refractivity contribution in [1.29, 1.82) is 0 Å². The third-order valence-electron chi connectivity index (χ3n) is 3.54. The Morgan fingerprint density at radius 1 is 1.54 bits per heavy atom. The van der Waals surface area contributed by atoms with Crippen LogP contribution < -0.4 is 5.32 Å². The highest BCUT2D eigenvalue weighted by molar-refractivity contribution is 5.73. The van der Waals surface area contributed by atoms with Crippen molar-refractivity contribution in [3.05, 3.63) is 0 Å². The van der Waals surface area contributed by atoms with Gasteiger partial charge in [-0.05, 0) is 31.6 Å². The normalized spacial score (nSPS) is 42.3. The Hall–Kier alpha value is -0.570. The maximum absolute atomic E-state index is 11.0. The fourth-order valence-corrected chi connectivity index (χ4v) is 3.03. The molecule has 0 saturated heterocycles. The number of hydrogen-bond acceptors (Lipinski definition) is 2. The zero-order valence-corrected chi connectivity index (χ0v) is 8.30. The minimum Gasteiger partial charge on any atom is -0.359 e. The van der Waals surface area contributed by atoms with Crippen LogP contribution in [-0.4, -0.2) is 18.7 Å². The molecule has 2 rings (SSSR count). The largest absolute Gasteiger partial charge is 0.359 e. The number of rotatable bonds is 2. The average Bonchev–Trinajstić information content (AvgIpc) is 2.62. The maximum Gasteiger partial charge on any atom is 0.219 e. The van der Waals surface area contributed by atoms with Crippen LogP contribution in [0.2, 0.25) is 0 Å². The van der Waals surface area contributed by atoms with Crippen molar-refractivity contribution in [1.82, 2.24) is 5.32 Å². The molecule has 0 heterocycles. The van der Waals surface area contributed by atoms with Gasteiger partial charge in [-0.25, -0.2) is 0 Å². The summed E-state index contributed by atoms with van der Waals surface area (Å²) < 4.78 is 5.51. The Morgan fingerprint density at radius 2 is 2.31 bits per heavy atom. The highest BCUT2D eigenvalue weighted by atomic mass is 16.5. The first-order valence-electron chi connectivity index (χ1n) is 5.00. The number of carbonyl (C=O) groups is 1. The first-order valence-corrected chi connectivity index (χ1v) is 5.00. The molecule has 74 valence electrons. The molecule has 2 fully saturated rings. The molecule has 2 saturated carbocycles. The van der Waals surface area contributed by atoms with Crippen LogP contribution >= 0.6 is 0 Å². The fourth-order valence-electron chi connectivity index (χ4n) is 3.03. The van der Waals surface area contributed by atoms with Gasteiger partial charge in [0.05, 0.1) is 0 Å². The van der Waals surface area contributed by atoms with Gasteiger partial charge in [-0.3, -0.25) is 4.79 Å². The highest BCUT2D eigenvalue weighted by Gasteiger charge is 2.51. The van der Waals surface area contributed by atoms with Gasteiger partial charge in [-0.15, -0.1) is 0 Å². The molecular weight excluding hydrogens is 166 g/mol. The van der Waals surface area contributed by atoms with Gasteiger partial charge >= 0.3 is 0 Å². The molecule has 3 heteroatoms. The number of nitrogens with one attached hydrogen (secondary N) is 1. The lowest BCUT2D eigenvalue weighted by molar-refractivity contribution is -0.135. The minimum atomic E-state index is -0.325. The van der Waals surface area contributed by atoms with Gasteiger partial charge in [0, 0.05) is 20.0 Å². The Bertz CT molecular complexity index is 229. The molecule has 0 spiro atoms. The lowest BCUT2D eigenvalue weighted by Crippen LogP contribution is -2.52. The Balaban J connectivity index is 2.12. The van der Waals surface area contributed by atoms with Gasteiger partial charge in [0.25, 0.3) is 0 Å². The molecule has 0 radical (unpaired) electrons. The van der Waals surface area contributed by atoms with Crippen LogP contribution in [0.1, 0.15) is 32.6 Å². The molecule has 2 bridgehead atoms. The van der Waals surface area contributed by atoms with Crippen molar-refractivity contribution < 1.29 is 9.53 Å². The van der Waals surface area contributed by atoms with E-state index in [4.69, 9.17) is 4.74 Å². The zero-order valence-electron chi connectivity index (χ0n) is 8.30. The van der Waals surface area contributed by atoms with Gasteiger partial charge in [0.1, 0.15) is 5.72 Å². The Kier molecular flexibility index (Phi) is 2.06. The number of fused-ring (bicyclic) bond motifs is 2. The lowest BCUT2D eigenvalue weighted by atomic mass is 9.91. The van der Waals surface area contributed by atoms with E-state index < -0.39 is 0 Å². The number of amides is 1. The van der Waals surface area contributed by atoms with Crippen LogP contribution in [0.3, 0.4) is 0 Å². The lowest BCUT2D eigenvalue weighted by Gasteiger charge is -2.36. The summed E-state index contributed by atoms with van der Waals surface area (Å²) in [5.74, 6) is 1.34. The quantitative estimate of drug-likeness (QED) is 0.655. The summed E-state index contributed by atoms with van der Waals surface area (Å²) in [4.78, 5) is 11.0. The summed E-state index contributed by atoms with van der Waals surface area (Å²) in [5, 5.41) is 2.98. The van der Waals surface area contributed by atoms with Crippen molar-refractivity contribution in [2.75, 3.05) is 7.11 Å². The van der Waals surface area contributed by atoms with Crippen LogP contribution in [0.15, 0.2) is 0 Å². The zero-order chi connectivity index (χ0) is 9.47. The van der Waals surface area contributed by atoms with Crippen molar-refractivity contribution in [3.63, 3.8) is 0 Å². The third-order valence-corrected chi connectivity index (χ3v) is 3.54. The van der Waals surface area contributed by atoms with Gasteiger partial charge in [0.2, 0.25) is 5.91 Å². The van der Waals surface area contributed by atoms with Gasteiger partial charge in [-0.1, -0.05) is 0 Å². The highest BCUT2D eigenvalue weighted by Crippen LogP contribution is 2.50. The fraction of sp³-hybridized carbons (Fsp3) is 0.900. The smallest absolute Gasteiger partial charge is 0.219 e. The van der Waals surface area contributed by atoms with Gasteiger partial charge in [0.15, 0.2) is 0 Å². The second-order valence-electron chi connectivity index (χ2n) is 4.35. The van der Waals surface area contributed by atoms with E-state index >= 15 is 0 Å². The number of methoxy groups -OCH3 is 1. The third kappa shape index (κ3) is 1.35. The molecule has 3 atom stereocenters. The molecule has 2 aliphatic rings. The van der Waals surface area contributed by atoms with Crippen LogP contribution in [0.25, 0.3) is 0 Å². The molecule has 2 aliphatic carbocycles.